The number of carboxylic acids is 1. The quantitative estimate of drug-likeness (QED) is 0.812. The fourth-order valence-electron chi connectivity index (χ4n) is 1.49. The minimum absolute atomic E-state index is 0.464. The van der Waals surface area contributed by atoms with Crippen LogP contribution in [0.5, 0.6) is 0 Å². The molecule has 96 valence electrons. The van der Waals surface area contributed by atoms with Crippen LogP contribution in [0.3, 0.4) is 0 Å². The lowest BCUT2D eigenvalue weighted by Gasteiger charge is -2.07. The van der Waals surface area contributed by atoms with E-state index < -0.39 is 11.9 Å². The molecule has 1 aromatic heterocycles. The van der Waals surface area contributed by atoms with Gasteiger partial charge in [-0.2, -0.15) is 5.10 Å². The average Bonchev–Trinajstić information content (AvgIpc) is 2.85. The first-order valence-corrected chi connectivity index (χ1v) is 5.48. The van der Waals surface area contributed by atoms with E-state index in [1.807, 2.05) is 30.3 Å². The second kappa shape index (κ2) is 5.63. The predicted octanol–water partition coefficient (Wildman–Crippen LogP) is 1.45. The highest BCUT2D eigenvalue weighted by Crippen LogP contribution is 2.14. The Balaban J connectivity index is 2.17. The zero-order valence-corrected chi connectivity index (χ0v) is 9.85. The van der Waals surface area contributed by atoms with Crippen molar-refractivity contribution in [3.63, 3.8) is 0 Å². The van der Waals surface area contributed by atoms with E-state index in [4.69, 9.17) is 5.11 Å². The maximum atomic E-state index is 11.5. The van der Waals surface area contributed by atoms with Crippen LogP contribution in [0.2, 0.25) is 0 Å². The fourth-order valence-corrected chi connectivity index (χ4v) is 1.49. The lowest BCUT2D eigenvalue weighted by atomic mass is 10.3. The van der Waals surface area contributed by atoms with E-state index in [9.17, 15) is 9.59 Å². The number of amides is 1. The molecule has 6 heteroatoms. The van der Waals surface area contributed by atoms with Gasteiger partial charge in [0.15, 0.2) is 0 Å². The zero-order chi connectivity index (χ0) is 13.7. The van der Waals surface area contributed by atoms with Gasteiger partial charge in [-0.1, -0.05) is 18.2 Å². The van der Waals surface area contributed by atoms with E-state index in [1.165, 1.54) is 0 Å². The number of carbonyl (C=O) groups excluding carboxylic acids is 1. The third-order valence-corrected chi connectivity index (χ3v) is 2.27. The van der Waals surface area contributed by atoms with E-state index in [1.54, 1.807) is 16.9 Å². The number of hydrogen-bond donors (Lipinski definition) is 2. The number of aliphatic carboxylic acids is 1. The van der Waals surface area contributed by atoms with E-state index in [0.29, 0.717) is 5.82 Å². The smallest absolute Gasteiger partial charge is 0.328 e. The number of rotatable bonds is 4. The van der Waals surface area contributed by atoms with Gasteiger partial charge in [-0.05, 0) is 12.1 Å². The van der Waals surface area contributed by atoms with Gasteiger partial charge >= 0.3 is 5.97 Å². The van der Waals surface area contributed by atoms with Crippen LogP contribution in [-0.2, 0) is 9.59 Å². The summed E-state index contributed by atoms with van der Waals surface area (Å²) in [5.74, 6) is -1.24. The number of carbonyl (C=O) groups is 2. The normalized spacial score (nSPS) is 10.5. The highest BCUT2D eigenvalue weighted by Gasteiger charge is 2.06. The molecule has 19 heavy (non-hydrogen) atoms. The van der Waals surface area contributed by atoms with Gasteiger partial charge in [0, 0.05) is 18.2 Å². The Morgan fingerprint density at radius 2 is 1.89 bits per heavy atom. The SMILES string of the molecule is O=C(O)C=CC(=O)Nc1ccnn1-c1ccccc1. The molecule has 2 N–H and O–H groups in total. The zero-order valence-electron chi connectivity index (χ0n) is 9.85. The minimum Gasteiger partial charge on any atom is -0.478 e. The molecule has 0 bridgehead atoms. The molecule has 0 aliphatic rings. The van der Waals surface area contributed by atoms with Crippen LogP contribution in [0, 0.1) is 0 Å². The summed E-state index contributed by atoms with van der Waals surface area (Å²) >= 11 is 0. The summed E-state index contributed by atoms with van der Waals surface area (Å²) in [5.41, 5.74) is 0.796. The van der Waals surface area contributed by atoms with Crippen LogP contribution in [0.1, 0.15) is 0 Å². The molecule has 0 saturated heterocycles. The van der Waals surface area contributed by atoms with Crippen molar-refractivity contribution in [2.24, 2.45) is 0 Å². The molecular weight excluding hydrogens is 246 g/mol. The molecule has 0 spiro atoms. The molecule has 0 atom stereocenters. The van der Waals surface area contributed by atoms with Crippen molar-refractivity contribution in [1.29, 1.82) is 0 Å². The number of benzene rings is 1. The molecule has 2 rings (SSSR count). The Morgan fingerprint density at radius 3 is 2.58 bits per heavy atom. The van der Waals surface area contributed by atoms with Crippen molar-refractivity contribution in [1.82, 2.24) is 9.78 Å². The molecule has 0 radical (unpaired) electrons. The fraction of sp³-hybridized carbons (Fsp3) is 0. The Bertz CT molecular complexity index is 617. The van der Waals surface area contributed by atoms with Crippen molar-refractivity contribution in [3.8, 4) is 5.69 Å². The second-order valence-corrected chi connectivity index (χ2v) is 3.62. The Kier molecular flexibility index (Phi) is 3.72. The van der Waals surface area contributed by atoms with E-state index in [-0.39, 0.29) is 0 Å². The van der Waals surface area contributed by atoms with Gasteiger partial charge in [0.25, 0.3) is 0 Å². The number of para-hydroxylation sites is 1. The first-order chi connectivity index (χ1) is 9.16. The molecule has 6 nitrogen and oxygen atoms in total. The standard InChI is InChI=1S/C13H11N3O3/c17-12(6-7-13(18)19)15-11-8-9-14-16(11)10-4-2-1-3-5-10/h1-9H,(H,15,17)(H,18,19). The average molecular weight is 257 g/mol. The summed E-state index contributed by atoms with van der Waals surface area (Å²) < 4.78 is 1.55. The Morgan fingerprint density at radius 1 is 1.16 bits per heavy atom. The van der Waals surface area contributed by atoms with Gasteiger partial charge in [-0.15, -0.1) is 0 Å². The number of carboxylic acid groups (broad SMARTS) is 1. The summed E-state index contributed by atoms with van der Waals surface area (Å²) in [6.07, 6.45) is 3.27. The summed E-state index contributed by atoms with van der Waals surface area (Å²) in [7, 11) is 0. The largest absolute Gasteiger partial charge is 0.478 e. The monoisotopic (exact) mass is 257 g/mol. The van der Waals surface area contributed by atoms with Crippen molar-refractivity contribution in [3.05, 3.63) is 54.7 Å². The van der Waals surface area contributed by atoms with Crippen molar-refractivity contribution < 1.29 is 14.7 Å². The lowest BCUT2D eigenvalue weighted by molar-refractivity contribution is -0.131. The van der Waals surface area contributed by atoms with Gasteiger partial charge in [0.1, 0.15) is 5.82 Å². The summed E-state index contributed by atoms with van der Waals surface area (Å²) in [6.45, 7) is 0. The number of nitrogens with one attached hydrogen (secondary N) is 1. The number of aromatic nitrogens is 2. The lowest BCUT2D eigenvalue weighted by Crippen LogP contribution is -2.12. The number of hydrogen-bond acceptors (Lipinski definition) is 3. The van der Waals surface area contributed by atoms with Crippen molar-refractivity contribution >= 4 is 17.7 Å². The topological polar surface area (TPSA) is 84.2 Å². The third kappa shape index (κ3) is 3.29. The maximum Gasteiger partial charge on any atom is 0.328 e. The maximum absolute atomic E-state index is 11.5. The van der Waals surface area contributed by atoms with E-state index >= 15 is 0 Å². The van der Waals surface area contributed by atoms with Gasteiger partial charge in [0.2, 0.25) is 5.91 Å². The van der Waals surface area contributed by atoms with Gasteiger partial charge in [0.05, 0.1) is 11.9 Å². The molecule has 1 amide bonds. The first kappa shape index (κ1) is 12.6. The Labute approximate surface area is 109 Å². The van der Waals surface area contributed by atoms with Crippen LogP contribution < -0.4 is 5.32 Å². The molecule has 0 saturated carbocycles. The molecule has 0 unspecified atom stereocenters. The highest BCUT2D eigenvalue weighted by molar-refractivity contribution is 6.01. The summed E-state index contributed by atoms with van der Waals surface area (Å²) in [4.78, 5) is 21.8. The Hall–Kier alpha value is -2.89. The molecule has 0 fully saturated rings. The highest BCUT2D eigenvalue weighted by atomic mass is 16.4. The second-order valence-electron chi connectivity index (χ2n) is 3.62. The molecular formula is C13H11N3O3. The first-order valence-electron chi connectivity index (χ1n) is 5.48. The van der Waals surface area contributed by atoms with Crippen LogP contribution in [0.15, 0.2) is 54.7 Å². The van der Waals surface area contributed by atoms with Crippen LogP contribution in [0.25, 0.3) is 5.69 Å². The van der Waals surface area contributed by atoms with Crippen LogP contribution in [-0.4, -0.2) is 26.8 Å². The third-order valence-electron chi connectivity index (χ3n) is 2.27. The minimum atomic E-state index is -1.17. The number of nitrogens with zero attached hydrogens (tertiary/aromatic N) is 2. The summed E-state index contributed by atoms with van der Waals surface area (Å²) in [5, 5.41) is 15.1. The van der Waals surface area contributed by atoms with Gasteiger partial charge in [-0.3, -0.25) is 4.79 Å². The van der Waals surface area contributed by atoms with Crippen molar-refractivity contribution in [2.45, 2.75) is 0 Å². The van der Waals surface area contributed by atoms with Gasteiger partial charge < -0.3 is 10.4 Å². The van der Waals surface area contributed by atoms with Crippen LogP contribution in [0.4, 0.5) is 5.82 Å². The molecule has 0 aliphatic heterocycles. The molecule has 2 aromatic rings. The van der Waals surface area contributed by atoms with Gasteiger partial charge in [-0.25, -0.2) is 9.48 Å². The molecule has 1 aromatic carbocycles. The molecule has 0 aliphatic carbocycles. The predicted molar refractivity (Wildman–Crippen MR) is 69.0 cm³/mol. The van der Waals surface area contributed by atoms with Crippen LogP contribution >= 0.6 is 0 Å². The van der Waals surface area contributed by atoms with Crippen molar-refractivity contribution in [2.75, 3.05) is 5.32 Å². The number of anilines is 1. The summed E-state index contributed by atoms with van der Waals surface area (Å²) in [6, 6.07) is 10.9. The van der Waals surface area contributed by atoms with E-state index in [2.05, 4.69) is 10.4 Å². The van der Waals surface area contributed by atoms with E-state index in [0.717, 1.165) is 17.8 Å². The molecule has 1 heterocycles.